The third kappa shape index (κ3) is 5.21. The summed E-state index contributed by atoms with van der Waals surface area (Å²) in [4.78, 5) is 38.4. The lowest BCUT2D eigenvalue weighted by molar-refractivity contribution is -0.127. The number of nitrogens with zero attached hydrogens (tertiary/aromatic N) is 3. The van der Waals surface area contributed by atoms with E-state index in [9.17, 15) is 9.59 Å². The molecule has 0 spiro atoms. The van der Waals surface area contributed by atoms with Crippen LogP contribution in [0.3, 0.4) is 0 Å². The van der Waals surface area contributed by atoms with Crippen LogP contribution in [0.5, 0.6) is 0 Å². The number of aryl methyl sites for hydroxylation is 2. The summed E-state index contributed by atoms with van der Waals surface area (Å²) >= 11 is 0. The van der Waals surface area contributed by atoms with Gasteiger partial charge in [0, 0.05) is 23.4 Å². The number of carbonyl (C=O) groups excluding carboxylic acids is 2. The maximum atomic E-state index is 13.4. The molecule has 1 amide bonds. The second kappa shape index (κ2) is 11.0. The maximum absolute atomic E-state index is 13.4. The van der Waals surface area contributed by atoms with Gasteiger partial charge in [-0.3, -0.25) is 4.79 Å². The van der Waals surface area contributed by atoms with Crippen LogP contribution in [0.25, 0.3) is 33.5 Å². The van der Waals surface area contributed by atoms with E-state index in [0.29, 0.717) is 29.6 Å². The van der Waals surface area contributed by atoms with Crippen molar-refractivity contribution < 1.29 is 14.3 Å². The molecular weight excluding hydrogens is 510 g/mol. The molecule has 0 radical (unpaired) electrons. The van der Waals surface area contributed by atoms with Crippen LogP contribution in [-0.4, -0.2) is 34.5 Å². The number of rotatable bonds is 6. The highest BCUT2D eigenvalue weighted by molar-refractivity contribution is 6.01. The Hall–Kier alpha value is -4.84. The van der Waals surface area contributed by atoms with E-state index in [4.69, 9.17) is 14.7 Å². The molecule has 0 bridgehead atoms. The summed E-state index contributed by atoms with van der Waals surface area (Å²) in [7, 11) is 0. The molecule has 6 rings (SSSR count). The lowest BCUT2D eigenvalue weighted by atomic mass is 10.0. The lowest BCUT2D eigenvalue weighted by Gasteiger charge is -2.23. The minimum absolute atomic E-state index is 0.198. The fourth-order valence-corrected chi connectivity index (χ4v) is 5.25. The Morgan fingerprint density at radius 3 is 2.05 bits per heavy atom. The Labute approximate surface area is 239 Å². The van der Waals surface area contributed by atoms with Crippen molar-refractivity contribution in [3.05, 3.63) is 113 Å². The number of benzene rings is 4. The van der Waals surface area contributed by atoms with Gasteiger partial charge < -0.3 is 9.64 Å². The first-order chi connectivity index (χ1) is 19.9. The van der Waals surface area contributed by atoms with Crippen molar-refractivity contribution in [1.82, 2.24) is 9.97 Å². The van der Waals surface area contributed by atoms with Gasteiger partial charge in [-0.1, -0.05) is 84.8 Å². The number of aromatic nitrogens is 2. The highest BCUT2D eigenvalue weighted by Gasteiger charge is 2.31. The zero-order chi connectivity index (χ0) is 28.5. The standard InChI is InChI=1S/C35H31N3O3/c1-4-31(34(39)38-20-19-24-7-5-6-8-30(24)38)41-35(40)27-17-18-28-29(21-27)37-33(26-15-11-23(3)12-16-26)32(36-28)25-13-9-22(2)10-14-25/h5-18,21,31H,4,19-20H2,1-3H3. The summed E-state index contributed by atoms with van der Waals surface area (Å²) < 4.78 is 5.78. The molecule has 2 heterocycles. The molecule has 1 atom stereocenters. The lowest BCUT2D eigenvalue weighted by Crippen LogP contribution is -2.40. The quantitative estimate of drug-likeness (QED) is 0.214. The van der Waals surface area contributed by atoms with Crippen LogP contribution < -0.4 is 4.90 Å². The number of hydrogen-bond acceptors (Lipinski definition) is 5. The number of fused-ring (bicyclic) bond motifs is 2. The Balaban J connectivity index is 1.32. The van der Waals surface area contributed by atoms with Crippen molar-refractivity contribution in [2.24, 2.45) is 0 Å². The molecule has 0 saturated heterocycles. The molecule has 6 heteroatoms. The van der Waals surface area contributed by atoms with E-state index in [1.54, 1.807) is 23.1 Å². The fourth-order valence-electron chi connectivity index (χ4n) is 5.25. The van der Waals surface area contributed by atoms with E-state index >= 15 is 0 Å². The Morgan fingerprint density at radius 1 is 0.805 bits per heavy atom. The summed E-state index contributed by atoms with van der Waals surface area (Å²) in [5, 5.41) is 0. The van der Waals surface area contributed by atoms with Crippen molar-refractivity contribution >= 4 is 28.6 Å². The molecule has 1 aliphatic heterocycles. The number of carbonyl (C=O) groups is 2. The fraction of sp³-hybridized carbons (Fsp3) is 0.200. The van der Waals surface area contributed by atoms with E-state index in [0.717, 1.165) is 45.7 Å². The average molecular weight is 542 g/mol. The number of anilines is 1. The van der Waals surface area contributed by atoms with E-state index in [-0.39, 0.29) is 5.91 Å². The van der Waals surface area contributed by atoms with Crippen LogP contribution >= 0.6 is 0 Å². The van der Waals surface area contributed by atoms with Gasteiger partial charge in [0.2, 0.25) is 0 Å². The summed E-state index contributed by atoms with van der Waals surface area (Å²) in [6.07, 6.45) is 0.306. The third-order valence-electron chi connectivity index (χ3n) is 7.60. The Bertz CT molecular complexity index is 1760. The minimum Gasteiger partial charge on any atom is -0.449 e. The predicted octanol–water partition coefficient (Wildman–Crippen LogP) is 7.11. The maximum Gasteiger partial charge on any atom is 0.338 e. The van der Waals surface area contributed by atoms with E-state index in [2.05, 4.69) is 43.3 Å². The van der Waals surface area contributed by atoms with Crippen LogP contribution in [0.1, 0.15) is 40.4 Å². The molecule has 41 heavy (non-hydrogen) atoms. The summed E-state index contributed by atoms with van der Waals surface area (Å²) in [6.45, 7) is 6.54. The van der Waals surface area contributed by atoms with E-state index in [1.807, 2.05) is 50.2 Å². The number of amides is 1. The zero-order valence-electron chi connectivity index (χ0n) is 23.4. The van der Waals surface area contributed by atoms with Gasteiger partial charge in [-0.2, -0.15) is 0 Å². The topological polar surface area (TPSA) is 72.4 Å². The van der Waals surface area contributed by atoms with Crippen molar-refractivity contribution in [1.29, 1.82) is 0 Å². The molecular formula is C35H31N3O3. The first kappa shape index (κ1) is 26.4. The van der Waals surface area contributed by atoms with Crippen LogP contribution in [0, 0.1) is 13.8 Å². The van der Waals surface area contributed by atoms with Crippen LogP contribution in [0.2, 0.25) is 0 Å². The number of hydrogen-bond donors (Lipinski definition) is 0. The van der Waals surface area contributed by atoms with Crippen molar-refractivity contribution in [2.75, 3.05) is 11.4 Å². The van der Waals surface area contributed by atoms with E-state index < -0.39 is 12.1 Å². The highest BCUT2D eigenvalue weighted by atomic mass is 16.5. The van der Waals surface area contributed by atoms with Gasteiger partial charge in [0.1, 0.15) is 0 Å². The Kier molecular flexibility index (Phi) is 7.06. The highest BCUT2D eigenvalue weighted by Crippen LogP contribution is 2.32. The smallest absolute Gasteiger partial charge is 0.338 e. The average Bonchev–Trinajstić information content (AvgIpc) is 3.43. The SMILES string of the molecule is CCC(OC(=O)c1ccc2nc(-c3ccc(C)cc3)c(-c3ccc(C)cc3)nc2c1)C(=O)N1CCc2ccccc21. The molecule has 0 fully saturated rings. The third-order valence-corrected chi connectivity index (χ3v) is 7.60. The van der Waals surface area contributed by atoms with Gasteiger partial charge in [-0.15, -0.1) is 0 Å². The molecule has 204 valence electrons. The molecule has 0 N–H and O–H groups in total. The van der Waals surface area contributed by atoms with Gasteiger partial charge in [-0.25, -0.2) is 14.8 Å². The van der Waals surface area contributed by atoms with Crippen molar-refractivity contribution in [3.63, 3.8) is 0 Å². The van der Waals surface area contributed by atoms with Crippen molar-refractivity contribution in [3.8, 4) is 22.5 Å². The van der Waals surface area contributed by atoms with Crippen LogP contribution in [-0.2, 0) is 16.0 Å². The van der Waals surface area contributed by atoms with Crippen molar-refractivity contribution in [2.45, 2.75) is 39.7 Å². The predicted molar refractivity (Wildman–Crippen MR) is 162 cm³/mol. The summed E-state index contributed by atoms with van der Waals surface area (Å²) in [6, 6.07) is 29.4. The molecule has 1 unspecified atom stereocenters. The first-order valence-corrected chi connectivity index (χ1v) is 14.0. The molecule has 0 aliphatic carbocycles. The van der Waals surface area contributed by atoms with Gasteiger partial charge in [0.25, 0.3) is 5.91 Å². The van der Waals surface area contributed by atoms with Crippen LogP contribution in [0.15, 0.2) is 91.0 Å². The monoisotopic (exact) mass is 541 g/mol. The second-order valence-corrected chi connectivity index (χ2v) is 10.5. The zero-order valence-corrected chi connectivity index (χ0v) is 23.4. The summed E-state index contributed by atoms with van der Waals surface area (Å²) in [5.41, 5.74) is 9.35. The number of para-hydroxylation sites is 1. The molecule has 1 aliphatic rings. The first-order valence-electron chi connectivity index (χ1n) is 14.0. The van der Waals surface area contributed by atoms with E-state index in [1.165, 1.54) is 5.56 Å². The second-order valence-electron chi connectivity index (χ2n) is 10.5. The Morgan fingerprint density at radius 2 is 1.41 bits per heavy atom. The van der Waals surface area contributed by atoms with Gasteiger partial charge in [0.05, 0.1) is 28.0 Å². The summed E-state index contributed by atoms with van der Waals surface area (Å²) in [5.74, 6) is -0.753. The normalized spacial score (nSPS) is 13.2. The van der Waals surface area contributed by atoms with Gasteiger partial charge in [0.15, 0.2) is 6.10 Å². The minimum atomic E-state index is -0.873. The molecule has 5 aromatic rings. The molecule has 0 saturated carbocycles. The number of esters is 1. The molecule has 6 nitrogen and oxygen atoms in total. The van der Waals surface area contributed by atoms with Gasteiger partial charge >= 0.3 is 5.97 Å². The number of ether oxygens (including phenoxy) is 1. The molecule has 4 aromatic carbocycles. The van der Waals surface area contributed by atoms with Gasteiger partial charge in [-0.05, 0) is 56.5 Å². The molecule has 1 aromatic heterocycles. The van der Waals surface area contributed by atoms with Crippen LogP contribution in [0.4, 0.5) is 5.69 Å². The largest absolute Gasteiger partial charge is 0.449 e.